The molecule has 0 bridgehead atoms. The molecule has 3 heteroatoms. The number of nitrogens with zero attached hydrogens (tertiary/aromatic N) is 1. The quantitative estimate of drug-likeness (QED) is 0.0918. The fourth-order valence-corrected chi connectivity index (χ4v) is 5.20. The number of benzene rings is 4. The molecule has 4 rings (SSSR count). The Kier molecular flexibility index (Phi) is 14.6. The standard InChI is InChI=1S/C56H56N2O/c1-14-47-18-15-16-21-50(47)51(40-59)57-58-52-48(24-22-41-34-43(26-30-53(2,3)4)38-44(35-41)27-31-54(5,6)7)19-17-20-49(52)25-23-42-36-45(28-32-55(8,9)10)39-46(37-42)29-33-56(11,12)13/h14-21,26,30,34-40,58H,1H2,2-13H3/b30-26?,57-51-. The lowest BCUT2D eigenvalue weighted by Crippen LogP contribution is -2.08. The Balaban J connectivity index is 1.94. The molecule has 0 aliphatic carbocycles. The van der Waals surface area contributed by atoms with E-state index in [0.717, 1.165) is 45.2 Å². The van der Waals surface area contributed by atoms with Crippen LogP contribution in [0.25, 0.3) is 12.2 Å². The van der Waals surface area contributed by atoms with E-state index in [4.69, 9.17) is 0 Å². The van der Waals surface area contributed by atoms with Crippen LogP contribution in [-0.4, -0.2) is 12.0 Å². The lowest BCUT2D eigenvalue weighted by atomic mass is 9.94. The summed E-state index contributed by atoms with van der Waals surface area (Å²) in [6, 6.07) is 25.4. The maximum atomic E-state index is 12.5. The largest absolute Gasteiger partial charge is 0.296 e. The van der Waals surface area contributed by atoms with Crippen molar-refractivity contribution in [3.63, 3.8) is 0 Å². The van der Waals surface area contributed by atoms with E-state index >= 15 is 0 Å². The van der Waals surface area contributed by atoms with Crippen molar-refractivity contribution in [2.24, 2.45) is 26.8 Å². The van der Waals surface area contributed by atoms with Crippen molar-refractivity contribution in [3.8, 4) is 59.2 Å². The molecule has 4 aromatic rings. The molecular formula is C56H56N2O. The van der Waals surface area contributed by atoms with Gasteiger partial charge in [0.15, 0.2) is 6.29 Å². The molecule has 4 aromatic carbocycles. The van der Waals surface area contributed by atoms with Crippen LogP contribution in [0.4, 0.5) is 5.69 Å². The third-order valence-corrected chi connectivity index (χ3v) is 8.01. The lowest BCUT2D eigenvalue weighted by Gasteiger charge is -2.11. The summed E-state index contributed by atoms with van der Waals surface area (Å²) in [6.07, 6.45) is 6.74. The Bertz CT molecular complexity index is 2560. The number of hydrogen-bond acceptors (Lipinski definition) is 3. The van der Waals surface area contributed by atoms with Gasteiger partial charge in [-0.25, -0.2) is 0 Å². The predicted octanol–water partition coefficient (Wildman–Crippen LogP) is 12.4. The van der Waals surface area contributed by atoms with Crippen LogP contribution in [0.5, 0.6) is 0 Å². The number of anilines is 1. The molecule has 0 atom stereocenters. The van der Waals surface area contributed by atoms with Gasteiger partial charge in [0.2, 0.25) is 0 Å². The van der Waals surface area contributed by atoms with Gasteiger partial charge >= 0.3 is 0 Å². The normalized spacial score (nSPS) is 11.6. The first-order valence-corrected chi connectivity index (χ1v) is 19.9. The molecule has 59 heavy (non-hydrogen) atoms. The van der Waals surface area contributed by atoms with E-state index in [1.165, 1.54) is 0 Å². The van der Waals surface area contributed by atoms with Gasteiger partial charge in [-0.15, -0.1) is 0 Å². The average Bonchev–Trinajstić information content (AvgIpc) is 3.15. The second-order valence-electron chi connectivity index (χ2n) is 18.6. The third kappa shape index (κ3) is 15.6. The highest BCUT2D eigenvalue weighted by molar-refractivity contribution is 6.37. The number of allylic oxidation sites excluding steroid dienone is 1. The number of hydrazone groups is 1. The molecular weight excluding hydrogens is 717 g/mol. The minimum absolute atomic E-state index is 0.0105. The van der Waals surface area contributed by atoms with Crippen molar-refractivity contribution < 1.29 is 4.79 Å². The summed E-state index contributed by atoms with van der Waals surface area (Å²) in [5.41, 5.74) is 11.4. The summed E-state index contributed by atoms with van der Waals surface area (Å²) < 4.78 is 0. The van der Waals surface area contributed by atoms with Crippen molar-refractivity contribution in [2.45, 2.75) is 83.1 Å². The Morgan fingerprint density at radius 1 is 0.576 bits per heavy atom. The number of aldehydes is 1. The number of nitrogens with one attached hydrogen (secondary N) is 1. The summed E-state index contributed by atoms with van der Waals surface area (Å²) in [7, 11) is 0. The number of carbonyl (C=O) groups is 1. The maximum Gasteiger partial charge on any atom is 0.170 e. The van der Waals surface area contributed by atoms with Gasteiger partial charge in [-0.3, -0.25) is 10.2 Å². The molecule has 0 saturated carbocycles. The molecule has 0 aliphatic rings. The van der Waals surface area contributed by atoms with E-state index in [1.807, 2.05) is 66.7 Å². The van der Waals surface area contributed by atoms with E-state index in [2.05, 4.69) is 184 Å². The van der Waals surface area contributed by atoms with E-state index in [1.54, 1.807) is 6.08 Å². The zero-order chi connectivity index (χ0) is 43.4. The molecule has 1 N–H and O–H groups in total. The van der Waals surface area contributed by atoms with Gasteiger partial charge in [0, 0.05) is 49.6 Å². The highest BCUT2D eigenvalue weighted by atomic mass is 16.1. The van der Waals surface area contributed by atoms with Crippen molar-refractivity contribution in [1.29, 1.82) is 0 Å². The van der Waals surface area contributed by atoms with E-state index in [9.17, 15) is 4.79 Å². The fourth-order valence-electron chi connectivity index (χ4n) is 5.20. The number of para-hydroxylation sites is 1. The van der Waals surface area contributed by atoms with Gasteiger partial charge in [-0.2, -0.15) is 5.10 Å². The van der Waals surface area contributed by atoms with E-state index < -0.39 is 0 Å². The smallest absolute Gasteiger partial charge is 0.170 e. The Hall–Kier alpha value is -6.70. The maximum absolute atomic E-state index is 12.5. The van der Waals surface area contributed by atoms with Crippen LogP contribution in [0.2, 0.25) is 0 Å². The zero-order valence-electron chi connectivity index (χ0n) is 36.9. The van der Waals surface area contributed by atoms with E-state index in [-0.39, 0.29) is 27.4 Å². The molecule has 0 amide bonds. The summed E-state index contributed by atoms with van der Waals surface area (Å²) in [6.45, 7) is 29.3. The topological polar surface area (TPSA) is 41.5 Å². The van der Waals surface area contributed by atoms with Crippen LogP contribution in [0.3, 0.4) is 0 Å². The van der Waals surface area contributed by atoms with Gasteiger partial charge in [-0.1, -0.05) is 135 Å². The van der Waals surface area contributed by atoms with Crippen molar-refractivity contribution >= 4 is 29.8 Å². The molecule has 0 aromatic heterocycles. The molecule has 296 valence electrons. The highest BCUT2D eigenvalue weighted by Gasteiger charge is 2.11. The van der Waals surface area contributed by atoms with Crippen LogP contribution < -0.4 is 5.43 Å². The first kappa shape index (κ1) is 45.0. The molecule has 0 fully saturated rings. The Morgan fingerprint density at radius 2 is 1.02 bits per heavy atom. The van der Waals surface area contributed by atoms with Gasteiger partial charge in [0.05, 0.1) is 16.8 Å². The molecule has 3 nitrogen and oxygen atoms in total. The van der Waals surface area contributed by atoms with Crippen molar-refractivity contribution in [1.82, 2.24) is 0 Å². The number of hydrogen-bond donors (Lipinski definition) is 1. The van der Waals surface area contributed by atoms with Gasteiger partial charge < -0.3 is 0 Å². The molecule has 0 unspecified atom stereocenters. The van der Waals surface area contributed by atoms with Gasteiger partial charge in [-0.05, 0) is 127 Å². The lowest BCUT2D eigenvalue weighted by molar-refractivity contribution is -0.102. The highest BCUT2D eigenvalue weighted by Crippen LogP contribution is 2.24. The van der Waals surface area contributed by atoms with Crippen molar-refractivity contribution in [2.75, 3.05) is 5.43 Å². The second-order valence-corrected chi connectivity index (χ2v) is 18.6. The summed E-state index contributed by atoms with van der Waals surface area (Å²) in [4.78, 5) is 12.5. The predicted molar refractivity (Wildman–Crippen MR) is 252 cm³/mol. The molecule has 0 saturated heterocycles. The summed E-state index contributed by atoms with van der Waals surface area (Å²) in [5.74, 6) is 33.6. The van der Waals surface area contributed by atoms with E-state index in [0.29, 0.717) is 22.4 Å². The van der Waals surface area contributed by atoms with Crippen LogP contribution in [-0.2, 0) is 4.79 Å². The van der Waals surface area contributed by atoms with Crippen LogP contribution in [0.1, 0.15) is 139 Å². The zero-order valence-corrected chi connectivity index (χ0v) is 36.9. The van der Waals surface area contributed by atoms with Crippen molar-refractivity contribution in [3.05, 3.63) is 147 Å². The Labute approximate surface area is 354 Å². The van der Waals surface area contributed by atoms with Crippen LogP contribution in [0.15, 0.2) is 96.6 Å². The number of rotatable bonds is 6. The SMILES string of the molecule is C=Cc1ccccc1/C(C=O)=N\Nc1c(C#Cc2cc(C#CC(C)(C)C)cc(C#CC(C)(C)C)c2)cccc1C#Cc1cc(C#CC(C)(C)C)cc(C=CC(C)(C)C)c1. The average molecular weight is 773 g/mol. The van der Waals surface area contributed by atoms with Gasteiger partial charge in [0.1, 0.15) is 5.71 Å². The molecule has 0 heterocycles. The summed E-state index contributed by atoms with van der Waals surface area (Å²) >= 11 is 0. The molecule has 0 spiro atoms. The number of carbonyl (C=O) groups excluding carboxylic acids is 1. The third-order valence-electron chi connectivity index (χ3n) is 8.01. The first-order valence-electron chi connectivity index (χ1n) is 19.9. The van der Waals surface area contributed by atoms with Crippen LogP contribution in [0, 0.1) is 80.9 Å². The van der Waals surface area contributed by atoms with Gasteiger partial charge in [0.25, 0.3) is 0 Å². The minimum Gasteiger partial charge on any atom is -0.296 e. The first-order chi connectivity index (χ1) is 27.6. The minimum atomic E-state index is -0.167. The monoisotopic (exact) mass is 772 g/mol. The molecule has 0 radical (unpaired) electrons. The fraction of sp³-hybridized carbons (Fsp3) is 0.286. The Morgan fingerprint density at radius 3 is 1.46 bits per heavy atom. The van der Waals surface area contributed by atoms with Crippen LogP contribution >= 0.6 is 0 Å². The molecule has 0 aliphatic heterocycles. The second kappa shape index (κ2) is 19.2. The summed E-state index contributed by atoms with van der Waals surface area (Å²) in [5, 5.41) is 4.62.